The molecule has 0 rings (SSSR count). The summed E-state index contributed by atoms with van der Waals surface area (Å²) in [5.41, 5.74) is 0. The summed E-state index contributed by atoms with van der Waals surface area (Å²) in [5, 5.41) is 8.77. The van der Waals surface area contributed by atoms with E-state index in [-0.39, 0.29) is 36.0 Å². The van der Waals surface area contributed by atoms with Gasteiger partial charge in [-0.1, -0.05) is 78.1 Å². The van der Waals surface area contributed by atoms with Crippen molar-refractivity contribution in [1.82, 2.24) is 0 Å². The summed E-state index contributed by atoms with van der Waals surface area (Å²) >= 11 is 0. The molecule has 0 aromatic rings. The van der Waals surface area contributed by atoms with Crippen molar-refractivity contribution in [2.45, 2.75) is 102 Å². The molecule has 0 heterocycles. The quantitative estimate of drug-likeness (QED) is 0.290. The zero-order valence-corrected chi connectivity index (χ0v) is 17.5. The fourth-order valence-electron chi connectivity index (χ4n) is 2.66. The van der Waals surface area contributed by atoms with Crippen LogP contribution in [0.3, 0.4) is 0 Å². The summed E-state index contributed by atoms with van der Waals surface area (Å²) in [7, 11) is -4.39. The van der Waals surface area contributed by atoms with E-state index < -0.39 is 21.5 Å². The fourth-order valence-corrected chi connectivity index (χ4v) is 3.71. The molecule has 22 heavy (non-hydrogen) atoms. The third-order valence-electron chi connectivity index (χ3n) is 3.98. The van der Waals surface area contributed by atoms with E-state index in [2.05, 4.69) is 6.92 Å². The maximum absolute atomic E-state index is 11.1. The van der Waals surface area contributed by atoms with Gasteiger partial charge in [0.2, 0.25) is 0 Å². The van der Waals surface area contributed by atoms with E-state index in [4.69, 9.17) is 0 Å². The van der Waals surface area contributed by atoms with Crippen LogP contribution in [0.4, 0.5) is 0 Å². The SMILES string of the molecule is CCCCCCCCCCCC(O)C(CCC)S(=O)(=O)[O-].[Na+]. The van der Waals surface area contributed by atoms with Gasteiger partial charge in [-0.3, -0.25) is 0 Å². The van der Waals surface area contributed by atoms with Gasteiger partial charge in [0.1, 0.15) is 10.1 Å². The maximum atomic E-state index is 11.1. The second kappa shape index (κ2) is 15.4. The summed E-state index contributed by atoms with van der Waals surface area (Å²) in [5.74, 6) is 0. The molecule has 0 spiro atoms. The molecule has 0 aliphatic carbocycles. The molecule has 0 aliphatic rings. The number of rotatable bonds is 14. The topological polar surface area (TPSA) is 77.4 Å². The number of aliphatic hydroxyl groups excluding tert-OH is 1. The van der Waals surface area contributed by atoms with Crippen LogP contribution in [-0.4, -0.2) is 29.4 Å². The minimum absolute atomic E-state index is 0. The first-order valence-electron chi connectivity index (χ1n) is 8.56. The largest absolute Gasteiger partial charge is 1.00 e. The Morgan fingerprint density at radius 3 is 1.68 bits per heavy atom. The molecule has 1 N–H and O–H groups in total. The van der Waals surface area contributed by atoms with Crippen molar-refractivity contribution in [3.05, 3.63) is 0 Å². The average molecular weight is 344 g/mol. The molecule has 0 fully saturated rings. The Balaban J connectivity index is 0. The Morgan fingerprint density at radius 2 is 1.27 bits per heavy atom. The standard InChI is InChI=1S/C16H34O4S.Na/c1-3-5-6-7-8-9-10-11-12-14-15(17)16(13-4-2)21(18,19)20;/h15-17H,3-14H2,1-2H3,(H,18,19,20);/q;+1/p-1. The van der Waals surface area contributed by atoms with E-state index in [1.807, 2.05) is 6.92 Å². The van der Waals surface area contributed by atoms with Crippen LogP contribution in [-0.2, 0) is 10.1 Å². The molecule has 128 valence electrons. The minimum atomic E-state index is -4.39. The van der Waals surface area contributed by atoms with Gasteiger partial charge in [0.05, 0.1) is 11.4 Å². The van der Waals surface area contributed by atoms with Gasteiger partial charge in [0.25, 0.3) is 0 Å². The third kappa shape index (κ3) is 13.3. The van der Waals surface area contributed by atoms with Crippen LogP contribution < -0.4 is 29.6 Å². The van der Waals surface area contributed by atoms with Gasteiger partial charge in [-0.25, -0.2) is 8.42 Å². The van der Waals surface area contributed by atoms with E-state index in [1.54, 1.807) is 0 Å². The van der Waals surface area contributed by atoms with Gasteiger partial charge in [0.15, 0.2) is 0 Å². The van der Waals surface area contributed by atoms with E-state index in [0.29, 0.717) is 12.8 Å². The second-order valence-electron chi connectivity index (χ2n) is 6.00. The van der Waals surface area contributed by atoms with Crippen LogP contribution in [0.2, 0.25) is 0 Å². The first-order valence-corrected chi connectivity index (χ1v) is 10.0. The second-order valence-corrected chi connectivity index (χ2v) is 7.60. The van der Waals surface area contributed by atoms with Crippen LogP contribution >= 0.6 is 0 Å². The van der Waals surface area contributed by atoms with E-state index in [1.165, 1.54) is 38.5 Å². The number of hydrogen-bond acceptors (Lipinski definition) is 4. The van der Waals surface area contributed by atoms with Crippen molar-refractivity contribution >= 4 is 10.1 Å². The Hall–Kier alpha value is 0.870. The molecule has 0 amide bonds. The number of unbranched alkanes of at least 4 members (excludes halogenated alkanes) is 8. The summed E-state index contributed by atoms with van der Waals surface area (Å²) in [6.07, 6.45) is 10.8. The monoisotopic (exact) mass is 344 g/mol. The van der Waals surface area contributed by atoms with Crippen LogP contribution in [0.25, 0.3) is 0 Å². The van der Waals surface area contributed by atoms with Gasteiger partial charge in [-0.15, -0.1) is 0 Å². The maximum Gasteiger partial charge on any atom is 1.00 e. The molecule has 2 atom stereocenters. The van der Waals surface area contributed by atoms with Crippen molar-refractivity contribution in [3.8, 4) is 0 Å². The molecular formula is C16H33NaO4S. The molecule has 2 unspecified atom stereocenters. The molecule has 6 heteroatoms. The van der Waals surface area contributed by atoms with Gasteiger partial charge in [-0.2, -0.15) is 0 Å². The molecular weight excluding hydrogens is 311 g/mol. The molecule has 4 nitrogen and oxygen atoms in total. The Bertz CT molecular complexity index is 333. The number of hydrogen-bond donors (Lipinski definition) is 1. The first-order chi connectivity index (χ1) is 9.93. The average Bonchev–Trinajstić information content (AvgIpc) is 2.41. The Labute approximate surface area is 159 Å². The minimum Gasteiger partial charge on any atom is -0.748 e. The van der Waals surface area contributed by atoms with Crippen molar-refractivity contribution in [2.75, 3.05) is 0 Å². The van der Waals surface area contributed by atoms with Gasteiger partial charge < -0.3 is 9.66 Å². The fraction of sp³-hybridized carbons (Fsp3) is 1.00. The predicted octanol–water partition coefficient (Wildman–Crippen LogP) is 0.986. The summed E-state index contributed by atoms with van der Waals surface area (Å²) < 4.78 is 33.3. The zero-order valence-electron chi connectivity index (χ0n) is 14.7. The van der Waals surface area contributed by atoms with Gasteiger partial charge in [-0.05, 0) is 12.8 Å². The van der Waals surface area contributed by atoms with Gasteiger partial charge >= 0.3 is 29.6 Å². The number of aliphatic hydroxyl groups is 1. The molecule has 0 aromatic carbocycles. The van der Waals surface area contributed by atoms with Crippen LogP contribution in [0.5, 0.6) is 0 Å². The Kier molecular flexibility index (Phi) is 17.6. The normalized spacial score (nSPS) is 14.4. The Morgan fingerprint density at radius 1 is 0.818 bits per heavy atom. The van der Waals surface area contributed by atoms with Crippen molar-refractivity contribution in [2.24, 2.45) is 0 Å². The molecule has 0 aromatic heterocycles. The summed E-state index contributed by atoms with van der Waals surface area (Å²) in [6.45, 7) is 4.03. The summed E-state index contributed by atoms with van der Waals surface area (Å²) in [6, 6.07) is 0. The van der Waals surface area contributed by atoms with E-state index >= 15 is 0 Å². The smallest absolute Gasteiger partial charge is 0.748 e. The van der Waals surface area contributed by atoms with Crippen LogP contribution in [0.15, 0.2) is 0 Å². The van der Waals surface area contributed by atoms with E-state index in [0.717, 1.165) is 19.3 Å². The molecule has 0 saturated carbocycles. The van der Waals surface area contributed by atoms with Crippen molar-refractivity contribution < 1.29 is 47.6 Å². The first kappa shape index (κ1) is 25.1. The predicted molar refractivity (Wildman–Crippen MR) is 86.2 cm³/mol. The summed E-state index contributed by atoms with van der Waals surface area (Å²) in [4.78, 5) is 0. The third-order valence-corrected chi connectivity index (χ3v) is 5.27. The zero-order chi connectivity index (χ0) is 16.1. The molecule has 0 saturated heterocycles. The van der Waals surface area contributed by atoms with Crippen LogP contribution in [0.1, 0.15) is 90.9 Å². The van der Waals surface area contributed by atoms with E-state index in [9.17, 15) is 18.1 Å². The van der Waals surface area contributed by atoms with Crippen molar-refractivity contribution in [3.63, 3.8) is 0 Å². The van der Waals surface area contributed by atoms with Gasteiger partial charge in [0, 0.05) is 0 Å². The van der Waals surface area contributed by atoms with Crippen LogP contribution in [0, 0.1) is 0 Å². The molecule has 0 radical (unpaired) electrons. The van der Waals surface area contributed by atoms with Crippen molar-refractivity contribution in [1.29, 1.82) is 0 Å². The molecule has 0 bridgehead atoms. The molecule has 0 aliphatic heterocycles.